The summed E-state index contributed by atoms with van der Waals surface area (Å²) in [5, 5.41) is 8.88. The van der Waals surface area contributed by atoms with Crippen molar-refractivity contribution in [3.8, 4) is 0 Å². The molecular formula is C15H21N3O3. The van der Waals surface area contributed by atoms with Gasteiger partial charge in [0.1, 0.15) is 5.82 Å². The third-order valence-electron chi connectivity index (χ3n) is 3.66. The van der Waals surface area contributed by atoms with Crippen molar-refractivity contribution in [3.05, 3.63) is 23.9 Å². The molecule has 0 radical (unpaired) electrons. The lowest BCUT2D eigenvalue weighted by Gasteiger charge is -2.26. The van der Waals surface area contributed by atoms with Gasteiger partial charge >= 0.3 is 5.97 Å². The number of amides is 1. The van der Waals surface area contributed by atoms with Crippen LogP contribution in [0.4, 0.5) is 5.82 Å². The molecule has 114 valence electrons. The molecule has 0 spiro atoms. The highest BCUT2D eigenvalue weighted by Crippen LogP contribution is 2.17. The Morgan fingerprint density at radius 1 is 1.38 bits per heavy atom. The van der Waals surface area contributed by atoms with Gasteiger partial charge in [0.25, 0.3) is 0 Å². The fourth-order valence-corrected chi connectivity index (χ4v) is 2.53. The van der Waals surface area contributed by atoms with Gasteiger partial charge in [0.05, 0.1) is 13.0 Å². The van der Waals surface area contributed by atoms with Crippen LogP contribution in [0.15, 0.2) is 18.3 Å². The molecule has 1 amide bonds. The van der Waals surface area contributed by atoms with Gasteiger partial charge in [-0.1, -0.05) is 6.07 Å². The minimum Gasteiger partial charge on any atom is -0.481 e. The zero-order chi connectivity index (χ0) is 15.2. The molecule has 2 rings (SSSR count). The number of hydrogen-bond acceptors (Lipinski definition) is 4. The Balaban J connectivity index is 2.09. The van der Waals surface area contributed by atoms with Gasteiger partial charge in [-0.05, 0) is 31.4 Å². The fraction of sp³-hybridized carbons (Fsp3) is 0.533. The van der Waals surface area contributed by atoms with Crippen molar-refractivity contribution in [1.29, 1.82) is 0 Å². The van der Waals surface area contributed by atoms with E-state index in [0.717, 1.165) is 31.5 Å². The van der Waals surface area contributed by atoms with Crippen LogP contribution in [0.5, 0.6) is 0 Å². The van der Waals surface area contributed by atoms with E-state index < -0.39 is 5.97 Å². The van der Waals surface area contributed by atoms with Crippen LogP contribution in [-0.4, -0.2) is 53.0 Å². The van der Waals surface area contributed by atoms with E-state index in [4.69, 9.17) is 5.11 Å². The van der Waals surface area contributed by atoms with Gasteiger partial charge in [-0.25, -0.2) is 4.98 Å². The molecular weight excluding hydrogens is 270 g/mol. The van der Waals surface area contributed by atoms with Crippen molar-refractivity contribution >= 4 is 17.7 Å². The van der Waals surface area contributed by atoms with E-state index in [0.29, 0.717) is 5.82 Å². The summed E-state index contributed by atoms with van der Waals surface area (Å²) in [7, 11) is 0. The normalized spacial score (nSPS) is 14.2. The summed E-state index contributed by atoms with van der Waals surface area (Å²) in [6, 6.07) is 3.74. The van der Waals surface area contributed by atoms with Crippen LogP contribution in [-0.2, 0) is 9.59 Å². The summed E-state index contributed by atoms with van der Waals surface area (Å²) in [6.45, 7) is 3.98. The fourth-order valence-electron chi connectivity index (χ4n) is 2.53. The molecule has 21 heavy (non-hydrogen) atoms. The number of carboxylic acids is 1. The molecule has 0 unspecified atom stereocenters. The van der Waals surface area contributed by atoms with Crippen molar-refractivity contribution < 1.29 is 14.7 Å². The smallest absolute Gasteiger partial charge is 0.305 e. The molecule has 6 heteroatoms. The molecule has 6 nitrogen and oxygen atoms in total. The number of aryl methyl sites for hydroxylation is 1. The average molecular weight is 291 g/mol. The second kappa shape index (κ2) is 7.06. The highest BCUT2D eigenvalue weighted by molar-refractivity contribution is 5.82. The quantitative estimate of drug-likeness (QED) is 0.855. The number of nitrogens with zero attached hydrogens (tertiary/aromatic N) is 3. The van der Waals surface area contributed by atoms with Crippen LogP contribution in [0.25, 0.3) is 0 Å². The average Bonchev–Trinajstić information content (AvgIpc) is 2.98. The number of carboxylic acid groups (broad SMARTS) is 1. The number of rotatable bonds is 6. The van der Waals surface area contributed by atoms with Crippen LogP contribution in [0.2, 0.25) is 0 Å². The maximum atomic E-state index is 12.3. The van der Waals surface area contributed by atoms with Crippen LogP contribution in [0, 0.1) is 6.92 Å². The molecule has 2 heterocycles. The number of hydrogen-bond donors (Lipinski definition) is 1. The van der Waals surface area contributed by atoms with E-state index in [-0.39, 0.29) is 25.4 Å². The minimum atomic E-state index is -0.873. The van der Waals surface area contributed by atoms with Gasteiger partial charge in [-0.15, -0.1) is 0 Å². The lowest BCUT2D eigenvalue weighted by Crippen LogP contribution is -2.40. The number of carbonyl (C=O) groups is 2. The second-order valence-electron chi connectivity index (χ2n) is 5.30. The monoisotopic (exact) mass is 291 g/mol. The zero-order valence-electron chi connectivity index (χ0n) is 12.3. The van der Waals surface area contributed by atoms with Gasteiger partial charge in [0.15, 0.2) is 0 Å². The summed E-state index contributed by atoms with van der Waals surface area (Å²) in [5.74, 6) is -0.142. The zero-order valence-corrected chi connectivity index (χ0v) is 12.3. The topological polar surface area (TPSA) is 73.7 Å². The van der Waals surface area contributed by atoms with Crippen LogP contribution < -0.4 is 4.90 Å². The highest BCUT2D eigenvalue weighted by atomic mass is 16.4. The van der Waals surface area contributed by atoms with E-state index in [9.17, 15) is 9.59 Å². The molecule has 0 aromatic carbocycles. The molecule has 0 aliphatic carbocycles. The molecule has 1 saturated heterocycles. The lowest BCUT2D eigenvalue weighted by molar-refractivity contribution is -0.137. The van der Waals surface area contributed by atoms with E-state index in [1.54, 1.807) is 11.1 Å². The summed E-state index contributed by atoms with van der Waals surface area (Å²) >= 11 is 0. The standard InChI is InChI=1S/C15H21N3O3/c1-12-5-4-7-16-15(12)18(10-6-14(20)21)11-13(19)17-8-2-3-9-17/h4-5,7H,2-3,6,8-11H2,1H3,(H,20,21). The van der Waals surface area contributed by atoms with Gasteiger partial charge in [-0.3, -0.25) is 9.59 Å². The molecule has 1 fully saturated rings. The van der Waals surface area contributed by atoms with E-state index in [1.165, 1.54) is 0 Å². The van der Waals surface area contributed by atoms with Crippen molar-refractivity contribution in [2.45, 2.75) is 26.2 Å². The van der Waals surface area contributed by atoms with Gasteiger partial charge < -0.3 is 14.9 Å². The first kappa shape index (κ1) is 15.3. The maximum absolute atomic E-state index is 12.3. The first-order valence-electron chi connectivity index (χ1n) is 7.24. The number of likely N-dealkylation sites (tertiary alicyclic amines) is 1. The Morgan fingerprint density at radius 3 is 2.71 bits per heavy atom. The van der Waals surface area contributed by atoms with Crippen molar-refractivity contribution in [2.24, 2.45) is 0 Å². The molecule has 0 bridgehead atoms. The molecule has 0 atom stereocenters. The number of pyridine rings is 1. The van der Waals surface area contributed by atoms with Gasteiger partial charge in [-0.2, -0.15) is 0 Å². The summed E-state index contributed by atoms with van der Waals surface area (Å²) in [6.07, 6.45) is 3.74. The van der Waals surface area contributed by atoms with Gasteiger partial charge in [0, 0.05) is 25.8 Å². The van der Waals surface area contributed by atoms with Crippen molar-refractivity contribution in [3.63, 3.8) is 0 Å². The third kappa shape index (κ3) is 4.18. The maximum Gasteiger partial charge on any atom is 0.305 e. The number of aromatic nitrogens is 1. The largest absolute Gasteiger partial charge is 0.481 e. The summed E-state index contributed by atoms with van der Waals surface area (Å²) < 4.78 is 0. The Morgan fingerprint density at radius 2 is 2.10 bits per heavy atom. The molecule has 1 aromatic rings. The van der Waals surface area contributed by atoms with E-state index in [1.807, 2.05) is 24.0 Å². The number of carbonyl (C=O) groups excluding carboxylic acids is 1. The minimum absolute atomic E-state index is 0.0106. The first-order chi connectivity index (χ1) is 10.1. The van der Waals surface area contributed by atoms with Crippen LogP contribution in [0.3, 0.4) is 0 Å². The Hall–Kier alpha value is -2.11. The first-order valence-corrected chi connectivity index (χ1v) is 7.24. The Labute approximate surface area is 124 Å². The molecule has 1 N–H and O–H groups in total. The molecule has 1 aromatic heterocycles. The Bertz CT molecular complexity index is 513. The third-order valence-corrected chi connectivity index (χ3v) is 3.66. The Kier molecular flexibility index (Phi) is 5.14. The van der Waals surface area contributed by atoms with Crippen molar-refractivity contribution in [2.75, 3.05) is 31.1 Å². The SMILES string of the molecule is Cc1cccnc1N(CCC(=O)O)CC(=O)N1CCCC1. The highest BCUT2D eigenvalue weighted by Gasteiger charge is 2.22. The number of aliphatic carboxylic acids is 1. The molecule has 1 aliphatic rings. The van der Waals surface area contributed by atoms with Crippen LogP contribution in [0.1, 0.15) is 24.8 Å². The van der Waals surface area contributed by atoms with E-state index in [2.05, 4.69) is 4.98 Å². The predicted octanol–water partition coefficient (Wildman–Crippen LogP) is 1.29. The second-order valence-corrected chi connectivity index (χ2v) is 5.30. The van der Waals surface area contributed by atoms with E-state index >= 15 is 0 Å². The molecule has 0 saturated carbocycles. The summed E-state index contributed by atoms with van der Waals surface area (Å²) in [5.41, 5.74) is 0.942. The number of anilines is 1. The lowest BCUT2D eigenvalue weighted by atomic mass is 10.2. The van der Waals surface area contributed by atoms with Crippen molar-refractivity contribution in [1.82, 2.24) is 9.88 Å². The predicted molar refractivity (Wildman–Crippen MR) is 79.3 cm³/mol. The van der Waals surface area contributed by atoms with Gasteiger partial charge in [0.2, 0.25) is 5.91 Å². The molecule has 1 aliphatic heterocycles. The van der Waals surface area contributed by atoms with Crippen LogP contribution >= 0.6 is 0 Å². The summed E-state index contributed by atoms with van der Waals surface area (Å²) in [4.78, 5) is 31.0.